The molecule has 1 heterocycles. The molecule has 0 aromatic heterocycles. The summed E-state index contributed by atoms with van der Waals surface area (Å²) in [5.74, 6) is 0.631. The number of amides is 1. The number of hydrogen-bond donors (Lipinski definition) is 1. The molecule has 21 heavy (non-hydrogen) atoms. The molecule has 2 aromatic rings. The number of aryl methyl sites for hydroxylation is 2. The number of para-hydroxylation sites is 1. The van der Waals surface area contributed by atoms with Gasteiger partial charge in [-0.05, 0) is 31.5 Å². The molecule has 3 nitrogen and oxygen atoms in total. The Balaban J connectivity index is 2.06. The molecule has 1 aliphatic heterocycles. The van der Waals surface area contributed by atoms with Crippen LogP contribution in [0.2, 0.25) is 0 Å². The van der Waals surface area contributed by atoms with Crippen LogP contribution in [-0.4, -0.2) is 11.7 Å². The van der Waals surface area contributed by atoms with Crippen molar-refractivity contribution in [1.82, 2.24) is 0 Å². The van der Waals surface area contributed by atoms with Crippen molar-refractivity contribution in [2.24, 2.45) is 0 Å². The Bertz CT molecular complexity index is 699. The largest absolute Gasteiger partial charge is 0.398 e. The van der Waals surface area contributed by atoms with Gasteiger partial charge in [-0.1, -0.05) is 35.9 Å². The average Bonchev–Trinajstić information content (AvgIpc) is 2.81. The van der Waals surface area contributed by atoms with Gasteiger partial charge in [0.25, 0.3) is 0 Å². The van der Waals surface area contributed by atoms with E-state index in [1.54, 1.807) is 11.8 Å². The minimum absolute atomic E-state index is 0.0416. The number of hydrogen-bond acceptors (Lipinski definition) is 3. The quantitative estimate of drug-likeness (QED) is 0.861. The highest BCUT2D eigenvalue weighted by Crippen LogP contribution is 2.44. The van der Waals surface area contributed by atoms with E-state index in [1.165, 1.54) is 5.56 Å². The van der Waals surface area contributed by atoms with E-state index in [4.69, 9.17) is 5.73 Å². The van der Waals surface area contributed by atoms with E-state index >= 15 is 0 Å². The third-order valence-electron chi connectivity index (χ3n) is 3.74. The predicted octanol–water partition coefficient (Wildman–Crippen LogP) is 3.66. The smallest absolute Gasteiger partial charge is 0.238 e. The molecule has 4 heteroatoms. The van der Waals surface area contributed by atoms with Gasteiger partial charge in [-0.2, -0.15) is 0 Å². The fourth-order valence-electron chi connectivity index (χ4n) is 2.73. The number of thioether (sulfide) groups is 1. The van der Waals surface area contributed by atoms with Crippen LogP contribution < -0.4 is 10.6 Å². The fourth-order valence-corrected chi connectivity index (χ4v) is 3.94. The first-order valence-corrected chi connectivity index (χ1v) is 7.98. The van der Waals surface area contributed by atoms with Gasteiger partial charge in [-0.3, -0.25) is 9.69 Å². The lowest BCUT2D eigenvalue weighted by atomic mass is 10.1. The first-order chi connectivity index (χ1) is 10.1. The van der Waals surface area contributed by atoms with Crippen molar-refractivity contribution in [2.45, 2.75) is 19.2 Å². The summed E-state index contributed by atoms with van der Waals surface area (Å²) in [6, 6.07) is 14.0. The summed E-state index contributed by atoms with van der Waals surface area (Å²) in [4.78, 5) is 14.3. The summed E-state index contributed by atoms with van der Waals surface area (Å²) in [5.41, 5.74) is 11.1. The van der Waals surface area contributed by atoms with Crippen molar-refractivity contribution in [2.75, 3.05) is 16.4 Å². The van der Waals surface area contributed by atoms with Crippen molar-refractivity contribution >= 4 is 29.0 Å². The van der Waals surface area contributed by atoms with Crippen LogP contribution in [0.3, 0.4) is 0 Å². The second-order valence-corrected chi connectivity index (χ2v) is 6.41. The van der Waals surface area contributed by atoms with Crippen LogP contribution in [0.15, 0.2) is 42.5 Å². The maximum Gasteiger partial charge on any atom is 0.238 e. The van der Waals surface area contributed by atoms with Crippen LogP contribution in [0.1, 0.15) is 22.1 Å². The number of nitrogen functional groups attached to an aromatic ring is 1. The highest BCUT2D eigenvalue weighted by atomic mass is 32.2. The lowest BCUT2D eigenvalue weighted by Crippen LogP contribution is -2.28. The standard InChI is InChI=1S/C17H18N2OS/c1-11-7-8-15(12(2)9-11)19-16(20)10-21-17(19)13-5-3-4-6-14(13)18/h3-9,17H,10,18H2,1-2H3. The van der Waals surface area contributed by atoms with Crippen molar-refractivity contribution in [3.8, 4) is 0 Å². The molecule has 0 spiro atoms. The van der Waals surface area contributed by atoms with E-state index in [1.807, 2.05) is 48.2 Å². The summed E-state index contributed by atoms with van der Waals surface area (Å²) in [6.45, 7) is 4.11. The molecular weight excluding hydrogens is 280 g/mol. The molecule has 108 valence electrons. The van der Waals surface area contributed by atoms with E-state index in [-0.39, 0.29) is 11.3 Å². The number of nitrogens with two attached hydrogens (primary N) is 1. The normalized spacial score (nSPS) is 18.3. The van der Waals surface area contributed by atoms with E-state index in [0.717, 1.165) is 22.5 Å². The lowest BCUT2D eigenvalue weighted by Gasteiger charge is -2.27. The first-order valence-electron chi connectivity index (χ1n) is 6.93. The molecule has 0 aliphatic carbocycles. The predicted molar refractivity (Wildman–Crippen MR) is 89.5 cm³/mol. The van der Waals surface area contributed by atoms with Gasteiger partial charge in [0.15, 0.2) is 0 Å². The molecule has 2 aromatic carbocycles. The Morgan fingerprint density at radius 2 is 1.95 bits per heavy atom. The number of carbonyl (C=O) groups excluding carboxylic acids is 1. The molecule has 2 N–H and O–H groups in total. The zero-order chi connectivity index (χ0) is 15.0. The van der Waals surface area contributed by atoms with Crippen molar-refractivity contribution < 1.29 is 4.79 Å². The molecule has 0 radical (unpaired) electrons. The zero-order valence-corrected chi connectivity index (χ0v) is 13.0. The van der Waals surface area contributed by atoms with Crippen LogP contribution in [0, 0.1) is 13.8 Å². The third-order valence-corrected chi connectivity index (χ3v) is 4.94. The second kappa shape index (κ2) is 5.45. The Hall–Kier alpha value is -1.94. The maximum atomic E-state index is 12.4. The first kappa shape index (κ1) is 14.0. The Morgan fingerprint density at radius 1 is 1.19 bits per heavy atom. The topological polar surface area (TPSA) is 46.3 Å². The monoisotopic (exact) mass is 298 g/mol. The number of nitrogens with zero attached hydrogens (tertiary/aromatic N) is 1. The molecule has 0 saturated carbocycles. The number of rotatable bonds is 2. The van der Waals surface area contributed by atoms with E-state index in [0.29, 0.717) is 5.75 Å². The molecular formula is C17H18N2OS. The van der Waals surface area contributed by atoms with Gasteiger partial charge in [0.05, 0.1) is 5.75 Å². The maximum absolute atomic E-state index is 12.4. The van der Waals surface area contributed by atoms with Crippen LogP contribution in [0.4, 0.5) is 11.4 Å². The van der Waals surface area contributed by atoms with Crippen LogP contribution in [0.25, 0.3) is 0 Å². The third kappa shape index (κ3) is 2.51. The van der Waals surface area contributed by atoms with Crippen LogP contribution >= 0.6 is 11.8 Å². The minimum atomic E-state index is -0.0416. The molecule has 1 aliphatic rings. The van der Waals surface area contributed by atoms with Crippen molar-refractivity contribution in [1.29, 1.82) is 0 Å². The summed E-state index contributed by atoms with van der Waals surface area (Å²) in [6.07, 6.45) is 0. The summed E-state index contributed by atoms with van der Waals surface area (Å²) in [7, 11) is 0. The zero-order valence-electron chi connectivity index (χ0n) is 12.2. The van der Waals surface area contributed by atoms with Crippen LogP contribution in [-0.2, 0) is 4.79 Å². The highest BCUT2D eigenvalue weighted by molar-refractivity contribution is 8.00. The molecule has 1 fully saturated rings. The van der Waals surface area contributed by atoms with Crippen molar-refractivity contribution in [3.05, 3.63) is 59.2 Å². The van der Waals surface area contributed by atoms with E-state index in [9.17, 15) is 4.79 Å². The Labute approximate surface area is 129 Å². The number of benzene rings is 2. The van der Waals surface area contributed by atoms with Gasteiger partial charge >= 0.3 is 0 Å². The van der Waals surface area contributed by atoms with Gasteiger partial charge in [0, 0.05) is 16.9 Å². The minimum Gasteiger partial charge on any atom is -0.398 e. The van der Waals surface area contributed by atoms with Gasteiger partial charge in [-0.25, -0.2) is 0 Å². The summed E-state index contributed by atoms with van der Waals surface area (Å²) >= 11 is 1.63. The molecule has 1 atom stereocenters. The average molecular weight is 298 g/mol. The Kier molecular flexibility index (Phi) is 3.64. The molecule has 3 rings (SSSR count). The number of carbonyl (C=O) groups is 1. The lowest BCUT2D eigenvalue weighted by molar-refractivity contribution is -0.115. The molecule has 0 bridgehead atoms. The number of anilines is 2. The SMILES string of the molecule is Cc1ccc(N2C(=O)CSC2c2ccccc2N)c(C)c1. The Morgan fingerprint density at radius 3 is 2.67 bits per heavy atom. The summed E-state index contributed by atoms with van der Waals surface area (Å²) in [5, 5.41) is -0.0416. The molecule has 1 amide bonds. The highest BCUT2D eigenvalue weighted by Gasteiger charge is 2.35. The summed E-state index contributed by atoms with van der Waals surface area (Å²) < 4.78 is 0. The van der Waals surface area contributed by atoms with Gasteiger partial charge < -0.3 is 5.73 Å². The molecule has 1 saturated heterocycles. The molecule has 1 unspecified atom stereocenters. The van der Waals surface area contributed by atoms with E-state index < -0.39 is 0 Å². The van der Waals surface area contributed by atoms with Gasteiger partial charge in [0.1, 0.15) is 5.37 Å². The van der Waals surface area contributed by atoms with Gasteiger partial charge in [-0.15, -0.1) is 11.8 Å². The van der Waals surface area contributed by atoms with Crippen LogP contribution in [0.5, 0.6) is 0 Å². The second-order valence-electron chi connectivity index (χ2n) is 5.35. The van der Waals surface area contributed by atoms with Crippen molar-refractivity contribution in [3.63, 3.8) is 0 Å². The fraction of sp³-hybridized carbons (Fsp3) is 0.235. The van der Waals surface area contributed by atoms with Gasteiger partial charge in [0.2, 0.25) is 5.91 Å². The van der Waals surface area contributed by atoms with E-state index in [2.05, 4.69) is 13.0 Å².